The van der Waals surface area contributed by atoms with Crippen molar-refractivity contribution in [1.29, 1.82) is 0 Å². The maximum absolute atomic E-state index is 4.68. The van der Waals surface area contributed by atoms with E-state index in [1.54, 1.807) is 0 Å². The van der Waals surface area contributed by atoms with Gasteiger partial charge in [-0.1, -0.05) is 19.9 Å². The monoisotopic (exact) mass is 204 g/mol. The molecule has 1 fully saturated rings. The van der Waals surface area contributed by atoms with Crippen LogP contribution in [-0.2, 0) is 6.54 Å². The molecular formula is C13H20N2. The van der Waals surface area contributed by atoms with Crippen LogP contribution in [0.2, 0.25) is 0 Å². The van der Waals surface area contributed by atoms with Gasteiger partial charge in [-0.25, -0.2) is 0 Å². The largest absolute Gasteiger partial charge is 0.298 e. The summed E-state index contributed by atoms with van der Waals surface area (Å²) in [6, 6.07) is 7.18. The first kappa shape index (κ1) is 10.6. The lowest BCUT2D eigenvalue weighted by molar-refractivity contribution is 0.312. The third-order valence-electron chi connectivity index (χ3n) is 3.00. The number of rotatable bonds is 4. The standard InChI is InChI=1S/C13H20N2/c1-10(2)13-6-4-5-11(14-13)9-15(3)12-7-8-12/h4-6,10,12H,7-9H2,1-3H3. The molecule has 0 unspecified atom stereocenters. The topological polar surface area (TPSA) is 16.1 Å². The Morgan fingerprint density at radius 3 is 2.73 bits per heavy atom. The molecule has 0 saturated heterocycles. The second kappa shape index (κ2) is 4.31. The Morgan fingerprint density at radius 1 is 1.40 bits per heavy atom. The van der Waals surface area contributed by atoms with Crippen LogP contribution in [0.5, 0.6) is 0 Å². The molecule has 1 aliphatic rings. The second-order valence-electron chi connectivity index (χ2n) is 4.85. The van der Waals surface area contributed by atoms with Gasteiger partial charge in [0.25, 0.3) is 0 Å². The van der Waals surface area contributed by atoms with Gasteiger partial charge in [0, 0.05) is 18.3 Å². The van der Waals surface area contributed by atoms with Gasteiger partial charge in [-0.2, -0.15) is 0 Å². The third-order valence-corrected chi connectivity index (χ3v) is 3.00. The molecule has 0 radical (unpaired) electrons. The number of hydrogen-bond acceptors (Lipinski definition) is 2. The van der Waals surface area contributed by atoms with Crippen molar-refractivity contribution in [3.05, 3.63) is 29.6 Å². The predicted molar refractivity (Wildman–Crippen MR) is 62.8 cm³/mol. The summed E-state index contributed by atoms with van der Waals surface area (Å²) in [6.07, 6.45) is 2.72. The van der Waals surface area contributed by atoms with Gasteiger partial charge >= 0.3 is 0 Å². The van der Waals surface area contributed by atoms with Gasteiger partial charge in [-0.3, -0.25) is 9.88 Å². The highest BCUT2D eigenvalue weighted by molar-refractivity contribution is 5.14. The van der Waals surface area contributed by atoms with Gasteiger partial charge < -0.3 is 0 Å². The molecule has 0 N–H and O–H groups in total. The molecule has 2 heteroatoms. The van der Waals surface area contributed by atoms with Gasteiger partial charge in [-0.05, 0) is 37.9 Å². The Labute approximate surface area is 92.3 Å². The van der Waals surface area contributed by atoms with E-state index >= 15 is 0 Å². The molecule has 2 nitrogen and oxygen atoms in total. The van der Waals surface area contributed by atoms with Gasteiger partial charge in [0.05, 0.1) is 5.69 Å². The highest BCUT2D eigenvalue weighted by atomic mass is 15.2. The van der Waals surface area contributed by atoms with Crippen molar-refractivity contribution in [3.63, 3.8) is 0 Å². The van der Waals surface area contributed by atoms with E-state index in [0.29, 0.717) is 5.92 Å². The third kappa shape index (κ3) is 2.78. The number of aromatic nitrogens is 1. The van der Waals surface area contributed by atoms with Gasteiger partial charge in [0.2, 0.25) is 0 Å². The first-order valence-corrected chi connectivity index (χ1v) is 5.83. The molecule has 1 heterocycles. The van der Waals surface area contributed by atoms with Crippen LogP contribution < -0.4 is 0 Å². The zero-order chi connectivity index (χ0) is 10.8. The molecule has 0 atom stereocenters. The van der Waals surface area contributed by atoms with Gasteiger partial charge in [0.15, 0.2) is 0 Å². The minimum Gasteiger partial charge on any atom is -0.298 e. The molecule has 0 aliphatic heterocycles. The molecule has 1 aromatic rings. The minimum absolute atomic E-state index is 0.524. The smallest absolute Gasteiger partial charge is 0.0547 e. The number of pyridine rings is 1. The summed E-state index contributed by atoms with van der Waals surface area (Å²) in [5, 5.41) is 0. The molecule has 82 valence electrons. The van der Waals surface area contributed by atoms with Crippen LogP contribution in [0.15, 0.2) is 18.2 Å². The SMILES string of the molecule is CC(C)c1cccc(CN(C)C2CC2)n1. The maximum atomic E-state index is 4.68. The molecule has 0 spiro atoms. The zero-order valence-corrected chi connectivity index (χ0v) is 9.90. The fourth-order valence-corrected chi connectivity index (χ4v) is 1.81. The Kier molecular flexibility index (Phi) is 3.06. The lowest BCUT2D eigenvalue weighted by atomic mass is 10.1. The fraction of sp³-hybridized carbons (Fsp3) is 0.615. The van der Waals surface area contributed by atoms with E-state index in [1.807, 2.05) is 0 Å². The van der Waals surface area contributed by atoms with Crippen molar-refractivity contribution in [3.8, 4) is 0 Å². The van der Waals surface area contributed by atoms with Crippen molar-refractivity contribution in [2.45, 2.75) is 45.2 Å². The van der Waals surface area contributed by atoms with Crippen LogP contribution in [0.4, 0.5) is 0 Å². The Bertz CT molecular complexity index is 329. The molecule has 2 rings (SSSR count). The number of nitrogens with zero attached hydrogens (tertiary/aromatic N) is 2. The van der Waals surface area contributed by atoms with Crippen LogP contribution in [0.1, 0.15) is 44.0 Å². The molecular weight excluding hydrogens is 184 g/mol. The average Bonchev–Trinajstić information content (AvgIpc) is 3.01. The van der Waals surface area contributed by atoms with Crippen LogP contribution >= 0.6 is 0 Å². The van der Waals surface area contributed by atoms with Gasteiger partial charge in [0.1, 0.15) is 0 Å². The highest BCUT2D eigenvalue weighted by Crippen LogP contribution is 2.26. The highest BCUT2D eigenvalue weighted by Gasteiger charge is 2.26. The second-order valence-corrected chi connectivity index (χ2v) is 4.85. The maximum Gasteiger partial charge on any atom is 0.0547 e. The summed E-state index contributed by atoms with van der Waals surface area (Å²) in [5.74, 6) is 0.524. The quantitative estimate of drug-likeness (QED) is 0.749. The Hall–Kier alpha value is -0.890. The van der Waals surface area contributed by atoms with E-state index in [0.717, 1.165) is 12.6 Å². The van der Waals surface area contributed by atoms with Crippen LogP contribution in [0.3, 0.4) is 0 Å². The van der Waals surface area contributed by atoms with Crippen molar-refractivity contribution < 1.29 is 0 Å². The Balaban J connectivity index is 2.03. The molecule has 0 aromatic carbocycles. The molecule has 0 amide bonds. The van der Waals surface area contributed by atoms with E-state index in [2.05, 4.69) is 49.0 Å². The first-order valence-electron chi connectivity index (χ1n) is 5.83. The molecule has 1 aliphatic carbocycles. The summed E-state index contributed by atoms with van der Waals surface area (Å²) in [4.78, 5) is 7.09. The summed E-state index contributed by atoms with van der Waals surface area (Å²) >= 11 is 0. The van der Waals surface area contributed by atoms with Crippen molar-refractivity contribution >= 4 is 0 Å². The summed E-state index contributed by atoms with van der Waals surface area (Å²) in [7, 11) is 2.20. The van der Waals surface area contributed by atoms with Gasteiger partial charge in [-0.15, -0.1) is 0 Å². The molecule has 15 heavy (non-hydrogen) atoms. The fourth-order valence-electron chi connectivity index (χ4n) is 1.81. The minimum atomic E-state index is 0.524. The van der Waals surface area contributed by atoms with E-state index in [-0.39, 0.29) is 0 Å². The van der Waals surface area contributed by atoms with E-state index in [4.69, 9.17) is 0 Å². The average molecular weight is 204 g/mol. The van der Waals surface area contributed by atoms with Crippen LogP contribution in [-0.4, -0.2) is 23.0 Å². The van der Waals surface area contributed by atoms with Crippen molar-refractivity contribution in [1.82, 2.24) is 9.88 Å². The number of hydrogen-bond donors (Lipinski definition) is 0. The first-order chi connectivity index (χ1) is 7.16. The molecule has 0 bridgehead atoms. The lowest BCUT2D eigenvalue weighted by Crippen LogP contribution is -2.20. The zero-order valence-electron chi connectivity index (χ0n) is 9.90. The molecule has 1 saturated carbocycles. The Morgan fingerprint density at radius 2 is 2.13 bits per heavy atom. The van der Waals surface area contributed by atoms with E-state index in [9.17, 15) is 0 Å². The van der Waals surface area contributed by atoms with E-state index < -0.39 is 0 Å². The van der Waals surface area contributed by atoms with E-state index in [1.165, 1.54) is 24.2 Å². The van der Waals surface area contributed by atoms with Crippen LogP contribution in [0.25, 0.3) is 0 Å². The van der Waals surface area contributed by atoms with Crippen molar-refractivity contribution in [2.24, 2.45) is 0 Å². The summed E-state index contributed by atoms with van der Waals surface area (Å²) in [6.45, 7) is 5.37. The van der Waals surface area contributed by atoms with Crippen molar-refractivity contribution in [2.75, 3.05) is 7.05 Å². The molecule has 1 aromatic heterocycles. The lowest BCUT2D eigenvalue weighted by Gasteiger charge is -2.15. The summed E-state index contributed by atoms with van der Waals surface area (Å²) < 4.78 is 0. The normalized spacial score (nSPS) is 16.3. The predicted octanol–water partition coefficient (Wildman–Crippen LogP) is 2.80. The van der Waals surface area contributed by atoms with Crippen LogP contribution in [0, 0.1) is 0 Å². The summed E-state index contributed by atoms with van der Waals surface area (Å²) in [5.41, 5.74) is 2.41.